The molecule has 13 heteroatoms. The minimum atomic E-state index is -2.81. The molecule has 2 fully saturated rings. The van der Waals surface area contributed by atoms with Crippen molar-refractivity contribution in [3.63, 3.8) is 0 Å². The van der Waals surface area contributed by atoms with Crippen LogP contribution in [0.4, 0.5) is 13.6 Å². The summed E-state index contributed by atoms with van der Waals surface area (Å²) in [4.78, 5) is 66.3. The van der Waals surface area contributed by atoms with E-state index >= 15 is 0 Å². The van der Waals surface area contributed by atoms with Crippen LogP contribution in [0.2, 0.25) is 0 Å². The first-order chi connectivity index (χ1) is 24.7. The zero-order valence-electron chi connectivity index (χ0n) is 29.5. The average Bonchev–Trinajstić information content (AvgIpc) is 3.37. The molecule has 1 heterocycles. The maximum absolute atomic E-state index is 14.1. The van der Waals surface area contributed by atoms with Crippen molar-refractivity contribution in [2.75, 3.05) is 0 Å². The second-order valence-electron chi connectivity index (χ2n) is 14.7. The number of amides is 5. The summed E-state index contributed by atoms with van der Waals surface area (Å²) in [5, 5.41) is 12.7. The highest BCUT2D eigenvalue weighted by Gasteiger charge is 2.41. The molecular weight excluding hydrogens is 672 g/mol. The van der Waals surface area contributed by atoms with Crippen LogP contribution in [-0.4, -0.2) is 59.3 Å². The van der Waals surface area contributed by atoms with Gasteiger partial charge in [0.2, 0.25) is 29.6 Å². The Balaban J connectivity index is 1.37. The number of hydrogen-bond acceptors (Lipinski definition) is 6. The Labute approximate surface area is 301 Å². The quantitative estimate of drug-likeness (QED) is 0.163. The van der Waals surface area contributed by atoms with E-state index in [1.807, 2.05) is 62.4 Å². The number of fused-ring (bicyclic) bond motifs is 1. The maximum Gasteiger partial charge on any atom is 0.408 e. The fraction of sp³-hybridized carbons (Fsp3) is 0.462. The van der Waals surface area contributed by atoms with Gasteiger partial charge in [0.1, 0.15) is 24.7 Å². The molecule has 278 valence electrons. The van der Waals surface area contributed by atoms with Gasteiger partial charge in [0.05, 0.1) is 0 Å². The number of nitrogens with one attached hydrogen (secondary N) is 4. The Morgan fingerprint density at radius 1 is 0.846 bits per heavy atom. The van der Waals surface area contributed by atoms with Gasteiger partial charge in [-0.25, -0.2) is 13.6 Å². The molecule has 5 rings (SSSR count). The number of alkyl halides is 2. The lowest BCUT2D eigenvalue weighted by Gasteiger charge is -2.32. The monoisotopic (exact) mass is 719 g/mol. The van der Waals surface area contributed by atoms with E-state index in [0.29, 0.717) is 6.42 Å². The first-order valence-corrected chi connectivity index (χ1v) is 17.7. The van der Waals surface area contributed by atoms with Gasteiger partial charge in [0.15, 0.2) is 0 Å². The number of primary amides is 1. The van der Waals surface area contributed by atoms with Gasteiger partial charge < -0.3 is 31.7 Å². The Morgan fingerprint density at radius 3 is 2.15 bits per heavy atom. The Bertz CT molecular complexity index is 1750. The van der Waals surface area contributed by atoms with Crippen molar-refractivity contribution in [1.29, 1.82) is 0 Å². The predicted octanol–water partition coefficient (Wildman–Crippen LogP) is 4.65. The first kappa shape index (κ1) is 38.2. The second kappa shape index (κ2) is 16.5. The highest BCUT2D eigenvalue weighted by molar-refractivity contribution is 5.94. The maximum atomic E-state index is 14.1. The molecule has 1 saturated heterocycles. The largest absolute Gasteiger partial charge is 0.445 e. The summed E-state index contributed by atoms with van der Waals surface area (Å²) in [5.41, 5.74) is 6.68. The molecular formula is C39H47F2N5O6. The summed E-state index contributed by atoms with van der Waals surface area (Å²) in [6, 6.07) is 18.5. The van der Waals surface area contributed by atoms with E-state index in [9.17, 15) is 32.8 Å². The van der Waals surface area contributed by atoms with E-state index in [1.54, 1.807) is 24.3 Å². The third-order valence-electron chi connectivity index (χ3n) is 9.93. The number of rotatable bonds is 14. The number of halogens is 2. The topological polar surface area (TPSA) is 169 Å². The van der Waals surface area contributed by atoms with Crippen LogP contribution in [0.5, 0.6) is 0 Å². The summed E-state index contributed by atoms with van der Waals surface area (Å²) < 4.78 is 33.5. The summed E-state index contributed by atoms with van der Waals surface area (Å²) in [6.45, 7) is 3.65. The molecule has 5 amide bonds. The lowest BCUT2D eigenvalue weighted by atomic mass is 9.82. The molecule has 2 aliphatic rings. The third kappa shape index (κ3) is 10.5. The van der Waals surface area contributed by atoms with Gasteiger partial charge in [-0.3, -0.25) is 19.2 Å². The number of ether oxygens (including phenoxy) is 1. The third-order valence-corrected chi connectivity index (χ3v) is 9.93. The van der Waals surface area contributed by atoms with Gasteiger partial charge >= 0.3 is 6.09 Å². The first-order valence-electron chi connectivity index (χ1n) is 17.7. The van der Waals surface area contributed by atoms with E-state index in [4.69, 9.17) is 10.5 Å². The van der Waals surface area contributed by atoms with Gasteiger partial charge in [-0.2, -0.15) is 0 Å². The molecule has 0 aromatic heterocycles. The Morgan fingerprint density at radius 2 is 1.48 bits per heavy atom. The lowest BCUT2D eigenvalue weighted by molar-refractivity contribution is -0.133. The van der Waals surface area contributed by atoms with Crippen molar-refractivity contribution in [3.05, 3.63) is 83.9 Å². The van der Waals surface area contributed by atoms with E-state index < -0.39 is 59.3 Å². The molecule has 52 heavy (non-hydrogen) atoms. The number of carbonyl (C=O) groups is 5. The molecule has 6 N–H and O–H groups in total. The fourth-order valence-electron chi connectivity index (χ4n) is 7.17. The molecule has 3 aromatic rings. The predicted molar refractivity (Wildman–Crippen MR) is 191 cm³/mol. The van der Waals surface area contributed by atoms with Crippen molar-refractivity contribution in [2.45, 2.75) is 101 Å². The molecule has 3 aromatic carbocycles. The second-order valence-corrected chi connectivity index (χ2v) is 14.7. The number of nitrogens with two attached hydrogens (primary N) is 1. The minimum Gasteiger partial charge on any atom is -0.445 e. The normalized spacial score (nSPS) is 19.8. The fourth-order valence-corrected chi connectivity index (χ4v) is 7.17. The number of carbonyl (C=O) groups excluding carboxylic acids is 5. The van der Waals surface area contributed by atoms with Crippen molar-refractivity contribution in [1.82, 2.24) is 21.3 Å². The molecule has 1 aliphatic heterocycles. The van der Waals surface area contributed by atoms with Gasteiger partial charge in [-0.15, -0.1) is 0 Å². The van der Waals surface area contributed by atoms with Gasteiger partial charge in [-0.1, -0.05) is 72.8 Å². The molecule has 0 radical (unpaired) electrons. The van der Waals surface area contributed by atoms with Crippen LogP contribution >= 0.6 is 0 Å². The molecule has 1 aliphatic carbocycles. The SMILES string of the molecule is CC1(C)C[C@@H](C[C@H](NC(=O)C(CC2CCC(F)(F)CC2)NC(=O)[C@H](Cc2cccc3ccccc23)NC(=O)OCc2ccccc2)C(N)=O)C(=O)N1. The van der Waals surface area contributed by atoms with E-state index in [0.717, 1.165) is 21.9 Å². The standard InChI is InChI=1S/C39H47F2N5O6/c1-38(2)22-28(34(48)46-38)21-30(33(42)47)43-35(49)31(19-24-15-17-39(40,41)18-16-24)44-36(50)32(45-37(51)52-23-25-9-4-3-5-10-25)20-27-13-8-12-26-11-6-7-14-29(26)27/h3-14,24,28,30-32H,15-23H2,1-2H3,(H2,42,47)(H,43,49)(H,44,50)(H,45,51)(H,46,48)/t28-,30+,31?,32+/m1/s1. The Hall–Kier alpha value is -5.07. The number of hydrogen-bond donors (Lipinski definition) is 5. The van der Waals surface area contributed by atoms with Crippen molar-refractivity contribution in [3.8, 4) is 0 Å². The highest BCUT2D eigenvalue weighted by Crippen LogP contribution is 2.38. The summed E-state index contributed by atoms with van der Waals surface area (Å²) in [5.74, 6) is -6.30. The van der Waals surface area contributed by atoms with Crippen LogP contribution in [0.1, 0.15) is 69.9 Å². The van der Waals surface area contributed by atoms with Crippen molar-refractivity contribution in [2.24, 2.45) is 17.6 Å². The molecule has 0 bridgehead atoms. The molecule has 0 spiro atoms. The van der Waals surface area contributed by atoms with Gasteiger partial charge in [0, 0.05) is 30.7 Å². The number of alkyl carbamates (subject to hydrolysis) is 1. The van der Waals surface area contributed by atoms with Crippen molar-refractivity contribution >= 4 is 40.5 Å². The van der Waals surface area contributed by atoms with Gasteiger partial charge in [0.25, 0.3) is 0 Å². The lowest BCUT2D eigenvalue weighted by Crippen LogP contribution is -2.57. The van der Waals surface area contributed by atoms with E-state index in [1.165, 1.54) is 0 Å². The zero-order valence-corrected chi connectivity index (χ0v) is 29.5. The molecule has 4 atom stereocenters. The zero-order chi connectivity index (χ0) is 37.5. The smallest absolute Gasteiger partial charge is 0.408 e. The highest BCUT2D eigenvalue weighted by atomic mass is 19.3. The van der Waals surface area contributed by atoms with Crippen LogP contribution in [0.3, 0.4) is 0 Å². The molecule has 11 nitrogen and oxygen atoms in total. The van der Waals surface area contributed by atoms with E-state index in [2.05, 4.69) is 21.3 Å². The van der Waals surface area contributed by atoms with Crippen LogP contribution in [0.25, 0.3) is 10.8 Å². The number of benzene rings is 3. The van der Waals surface area contributed by atoms with Crippen LogP contribution in [-0.2, 0) is 36.9 Å². The van der Waals surface area contributed by atoms with Crippen molar-refractivity contribution < 1.29 is 37.5 Å². The summed E-state index contributed by atoms with van der Waals surface area (Å²) in [7, 11) is 0. The Kier molecular flexibility index (Phi) is 12.1. The summed E-state index contributed by atoms with van der Waals surface area (Å²) in [6.07, 6.45) is -0.881. The van der Waals surface area contributed by atoms with E-state index in [-0.39, 0.29) is 63.4 Å². The summed E-state index contributed by atoms with van der Waals surface area (Å²) >= 11 is 0. The molecule has 1 saturated carbocycles. The van der Waals surface area contributed by atoms with Crippen LogP contribution in [0.15, 0.2) is 72.8 Å². The molecule has 1 unspecified atom stereocenters. The minimum absolute atomic E-state index is 0.00945. The van der Waals surface area contributed by atoms with Gasteiger partial charge in [-0.05, 0) is 73.8 Å². The van der Waals surface area contributed by atoms with Crippen LogP contribution < -0.4 is 27.0 Å². The average molecular weight is 720 g/mol. The van der Waals surface area contributed by atoms with Crippen LogP contribution in [0, 0.1) is 11.8 Å².